The highest BCUT2D eigenvalue weighted by Gasteiger charge is 2.34. The van der Waals surface area contributed by atoms with Gasteiger partial charge in [0.25, 0.3) is 10.0 Å². The molecule has 0 aliphatic rings. The van der Waals surface area contributed by atoms with Crippen LogP contribution in [0, 0.1) is 11.7 Å². The molecule has 1 atom stereocenters. The molecular formula is C34H34BrClFN3O4S. The maximum absolute atomic E-state index is 14.4. The van der Waals surface area contributed by atoms with Gasteiger partial charge in [0.2, 0.25) is 11.8 Å². The highest BCUT2D eigenvalue weighted by molar-refractivity contribution is 9.10. The standard InChI is InChI=1S/C34H34BrClFN3O4S/c1-24(2)21-38-34(42)32(19-25-9-5-3-6-10-25)39(22-26-13-15-27(35)16-14-26)33(41)23-40(28-17-18-31(37)30(36)20-28)45(43,44)29-11-7-4-8-12-29/h3-18,20,24,32H,19,21-23H2,1-2H3,(H,38,42)/t32-/m1/s1. The Bertz CT molecular complexity index is 1710. The third-order valence-electron chi connectivity index (χ3n) is 7.02. The van der Waals surface area contributed by atoms with Crippen molar-refractivity contribution in [3.05, 3.63) is 130 Å². The molecule has 2 amide bonds. The zero-order valence-electron chi connectivity index (χ0n) is 24.9. The fourth-order valence-corrected chi connectivity index (χ4v) is 6.52. The van der Waals surface area contributed by atoms with Gasteiger partial charge < -0.3 is 10.2 Å². The molecule has 0 spiro atoms. The van der Waals surface area contributed by atoms with E-state index >= 15 is 0 Å². The zero-order valence-corrected chi connectivity index (χ0v) is 28.0. The second-order valence-electron chi connectivity index (χ2n) is 10.9. The van der Waals surface area contributed by atoms with Gasteiger partial charge in [0.05, 0.1) is 15.6 Å². The lowest BCUT2D eigenvalue weighted by molar-refractivity contribution is -0.140. The second-order valence-corrected chi connectivity index (χ2v) is 14.1. The number of nitrogens with zero attached hydrogens (tertiary/aromatic N) is 2. The van der Waals surface area contributed by atoms with Crippen molar-refractivity contribution in [2.24, 2.45) is 5.92 Å². The maximum atomic E-state index is 14.4. The largest absolute Gasteiger partial charge is 0.354 e. The Morgan fingerprint density at radius 1 is 0.889 bits per heavy atom. The lowest BCUT2D eigenvalue weighted by Crippen LogP contribution is -2.53. The van der Waals surface area contributed by atoms with E-state index in [4.69, 9.17) is 11.6 Å². The molecule has 45 heavy (non-hydrogen) atoms. The van der Waals surface area contributed by atoms with Crippen molar-refractivity contribution in [1.29, 1.82) is 0 Å². The summed E-state index contributed by atoms with van der Waals surface area (Å²) in [5.41, 5.74) is 1.57. The van der Waals surface area contributed by atoms with Gasteiger partial charge in [0.15, 0.2) is 0 Å². The molecular weight excluding hydrogens is 681 g/mol. The summed E-state index contributed by atoms with van der Waals surface area (Å²) in [5.74, 6) is -1.55. The van der Waals surface area contributed by atoms with Crippen molar-refractivity contribution in [2.45, 2.75) is 37.8 Å². The summed E-state index contributed by atoms with van der Waals surface area (Å²) in [5, 5.41) is 2.66. The van der Waals surface area contributed by atoms with Crippen LogP contribution in [-0.2, 0) is 32.6 Å². The Morgan fingerprint density at radius 2 is 1.51 bits per heavy atom. The van der Waals surface area contributed by atoms with E-state index in [1.165, 1.54) is 29.2 Å². The van der Waals surface area contributed by atoms with Crippen LogP contribution < -0.4 is 9.62 Å². The van der Waals surface area contributed by atoms with Crippen LogP contribution in [0.1, 0.15) is 25.0 Å². The molecule has 4 aromatic rings. The summed E-state index contributed by atoms with van der Waals surface area (Å²) < 4.78 is 43.9. The highest BCUT2D eigenvalue weighted by Crippen LogP contribution is 2.28. The first kappa shape index (κ1) is 34.1. The second kappa shape index (κ2) is 15.5. The van der Waals surface area contributed by atoms with Gasteiger partial charge in [-0.3, -0.25) is 13.9 Å². The number of halogens is 3. The van der Waals surface area contributed by atoms with Crippen molar-refractivity contribution in [3.8, 4) is 0 Å². The van der Waals surface area contributed by atoms with E-state index in [0.29, 0.717) is 6.54 Å². The van der Waals surface area contributed by atoms with Crippen molar-refractivity contribution in [2.75, 3.05) is 17.4 Å². The first-order valence-electron chi connectivity index (χ1n) is 14.3. The first-order chi connectivity index (χ1) is 21.5. The Balaban J connectivity index is 1.80. The average Bonchev–Trinajstić information content (AvgIpc) is 3.03. The number of carbonyl (C=O) groups is 2. The minimum absolute atomic E-state index is 0.00561. The van der Waals surface area contributed by atoms with Crippen LogP contribution in [-0.4, -0.2) is 44.3 Å². The van der Waals surface area contributed by atoms with Gasteiger partial charge in [-0.2, -0.15) is 0 Å². The van der Waals surface area contributed by atoms with Crippen molar-refractivity contribution < 1.29 is 22.4 Å². The maximum Gasteiger partial charge on any atom is 0.264 e. The predicted octanol–water partition coefficient (Wildman–Crippen LogP) is 6.85. The number of nitrogens with one attached hydrogen (secondary N) is 1. The van der Waals surface area contributed by atoms with Crippen LogP contribution in [0.15, 0.2) is 112 Å². The third kappa shape index (κ3) is 9.15. The van der Waals surface area contributed by atoms with Crippen molar-refractivity contribution in [1.82, 2.24) is 10.2 Å². The van der Waals surface area contributed by atoms with Crippen molar-refractivity contribution in [3.63, 3.8) is 0 Å². The number of rotatable bonds is 13. The van der Waals surface area contributed by atoms with Gasteiger partial charge in [-0.25, -0.2) is 12.8 Å². The van der Waals surface area contributed by atoms with E-state index in [1.54, 1.807) is 18.2 Å². The molecule has 0 saturated carbocycles. The van der Waals surface area contributed by atoms with Crippen LogP contribution >= 0.6 is 27.5 Å². The van der Waals surface area contributed by atoms with E-state index in [1.807, 2.05) is 68.4 Å². The summed E-state index contributed by atoms with van der Waals surface area (Å²) in [6, 6.07) is 26.8. The molecule has 236 valence electrons. The molecule has 0 aliphatic heterocycles. The van der Waals surface area contributed by atoms with Crippen LogP contribution in [0.4, 0.5) is 10.1 Å². The SMILES string of the molecule is CC(C)CNC(=O)[C@@H](Cc1ccccc1)N(Cc1ccc(Br)cc1)C(=O)CN(c1ccc(F)c(Cl)c1)S(=O)(=O)c1ccccc1. The Hall–Kier alpha value is -3.73. The molecule has 0 heterocycles. The lowest BCUT2D eigenvalue weighted by atomic mass is 10.0. The third-order valence-corrected chi connectivity index (χ3v) is 9.63. The smallest absolute Gasteiger partial charge is 0.264 e. The first-order valence-corrected chi connectivity index (χ1v) is 16.9. The molecule has 0 aromatic heterocycles. The highest BCUT2D eigenvalue weighted by atomic mass is 79.9. The number of sulfonamides is 1. The normalized spacial score (nSPS) is 12.0. The Kier molecular flexibility index (Phi) is 11.8. The molecule has 0 bridgehead atoms. The summed E-state index contributed by atoms with van der Waals surface area (Å²) in [4.78, 5) is 29.6. The Labute approximate surface area is 277 Å². The molecule has 0 radical (unpaired) electrons. The predicted molar refractivity (Wildman–Crippen MR) is 179 cm³/mol. The Morgan fingerprint density at radius 3 is 2.11 bits per heavy atom. The molecule has 7 nitrogen and oxygen atoms in total. The quantitative estimate of drug-likeness (QED) is 0.164. The average molecular weight is 715 g/mol. The number of hydrogen-bond acceptors (Lipinski definition) is 4. The number of carbonyl (C=O) groups excluding carboxylic acids is 2. The van der Waals surface area contributed by atoms with Crippen LogP contribution in [0.3, 0.4) is 0 Å². The molecule has 0 aliphatic carbocycles. The number of benzene rings is 4. The van der Waals surface area contributed by atoms with E-state index in [2.05, 4.69) is 21.2 Å². The van der Waals surface area contributed by atoms with Crippen LogP contribution in [0.2, 0.25) is 5.02 Å². The zero-order chi connectivity index (χ0) is 32.6. The molecule has 4 aromatic carbocycles. The van der Waals surface area contributed by atoms with Gasteiger partial charge in [0.1, 0.15) is 18.4 Å². The fraction of sp³-hybridized carbons (Fsp3) is 0.235. The summed E-state index contributed by atoms with van der Waals surface area (Å²) in [7, 11) is -4.32. The van der Waals surface area contributed by atoms with Crippen LogP contribution in [0.25, 0.3) is 0 Å². The van der Waals surface area contributed by atoms with E-state index < -0.39 is 34.3 Å². The number of anilines is 1. The minimum Gasteiger partial charge on any atom is -0.354 e. The van der Waals surface area contributed by atoms with Crippen molar-refractivity contribution >= 4 is 55.1 Å². The molecule has 1 N–H and O–H groups in total. The van der Waals surface area contributed by atoms with E-state index in [0.717, 1.165) is 26.0 Å². The molecule has 0 unspecified atom stereocenters. The molecule has 0 saturated heterocycles. The van der Waals surface area contributed by atoms with E-state index in [-0.39, 0.29) is 40.4 Å². The van der Waals surface area contributed by atoms with Gasteiger partial charge in [0, 0.05) is 24.0 Å². The van der Waals surface area contributed by atoms with Crippen LogP contribution in [0.5, 0.6) is 0 Å². The molecule has 11 heteroatoms. The van der Waals surface area contributed by atoms with Gasteiger partial charge in [-0.15, -0.1) is 0 Å². The van der Waals surface area contributed by atoms with Gasteiger partial charge in [-0.05, 0) is 59.5 Å². The monoisotopic (exact) mass is 713 g/mol. The molecule has 0 fully saturated rings. The summed E-state index contributed by atoms with van der Waals surface area (Å²) in [6.45, 7) is 3.70. The molecule has 4 rings (SSSR count). The van der Waals surface area contributed by atoms with E-state index in [9.17, 15) is 22.4 Å². The number of amides is 2. The van der Waals surface area contributed by atoms with Gasteiger partial charge in [-0.1, -0.05) is 102 Å². The number of hydrogen-bond donors (Lipinski definition) is 1. The summed E-state index contributed by atoms with van der Waals surface area (Å²) >= 11 is 9.50. The minimum atomic E-state index is -4.32. The van der Waals surface area contributed by atoms with Gasteiger partial charge >= 0.3 is 0 Å². The lowest BCUT2D eigenvalue weighted by Gasteiger charge is -2.34. The summed E-state index contributed by atoms with van der Waals surface area (Å²) in [6.07, 6.45) is 0.195. The topological polar surface area (TPSA) is 86.8 Å². The fourth-order valence-electron chi connectivity index (χ4n) is 4.65.